The first-order valence-electron chi connectivity index (χ1n) is 6.93. The molecule has 3 aromatic rings. The van der Waals surface area contributed by atoms with Crippen molar-refractivity contribution in [3.05, 3.63) is 41.6 Å². The predicted octanol–water partition coefficient (Wildman–Crippen LogP) is 2.24. The van der Waals surface area contributed by atoms with Crippen molar-refractivity contribution in [1.29, 1.82) is 0 Å². The Hall–Kier alpha value is -2.41. The van der Waals surface area contributed by atoms with Crippen molar-refractivity contribution in [2.75, 3.05) is 12.4 Å². The van der Waals surface area contributed by atoms with Gasteiger partial charge in [-0.3, -0.25) is 4.79 Å². The third-order valence-electron chi connectivity index (χ3n) is 3.45. The predicted molar refractivity (Wildman–Crippen MR) is 88.0 cm³/mol. The van der Waals surface area contributed by atoms with Gasteiger partial charge in [-0.05, 0) is 12.5 Å². The topological polar surface area (TPSA) is 71.8 Å². The Kier molecular flexibility index (Phi) is 3.81. The Labute approximate surface area is 132 Å². The molecular formula is C15H17N5OS. The molecule has 3 rings (SSSR count). The number of nitrogens with one attached hydrogen (secondary N) is 2. The highest BCUT2D eigenvalue weighted by atomic mass is 32.1. The number of likely N-dealkylation sites (N-methyl/N-ethyl adjacent to an activating group) is 1. The highest BCUT2D eigenvalue weighted by Gasteiger charge is 2.21. The minimum absolute atomic E-state index is 0.0969. The van der Waals surface area contributed by atoms with Crippen LogP contribution in [0.4, 0.5) is 5.13 Å². The van der Waals surface area contributed by atoms with Crippen LogP contribution in [0.3, 0.4) is 0 Å². The van der Waals surface area contributed by atoms with E-state index in [0.29, 0.717) is 5.13 Å². The lowest BCUT2D eigenvalue weighted by Gasteiger charge is -2.16. The molecule has 0 radical (unpaired) electrons. The SMILES string of the molecule is CNC(=O)C(Nc1nc2c(s1)c(C)nn2C)c1ccccc1. The van der Waals surface area contributed by atoms with Crippen LogP contribution in [0.5, 0.6) is 0 Å². The monoisotopic (exact) mass is 315 g/mol. The smallest absolute Gasteiger partial charge is 0.246 e. The standard InChI is InChI=1S/C15H17N5OS/c1-9-12-13(20(3)19-9)18-15(22-12)17-11(14(21)16-2)10-7-5-4-6-8-10/h4-8,11H,1-3H3,(H,16,21)(H,17,18). The van der Waals surface area contributed by atoms with E-state index in [1.807, 2.05) is 44.3 Å². The number of aromatic nitrogens is 3. The van der Waals surface area contributed by atoms with Crippen LogP contribution in [0.1, 0.15) is 17.3 Å². The van der Waals surface area contributed by atoms with Gasteiger partial charge in [-0.2, -0.15) is 5.10 Å². The van der Waals surface area contributed by atoms with E-state index in [-0.39, 0.29) is 5.91 Å². The number of benzene rings is 1. The molecule has 0 fully saturated rings. The zero-order valence-electron chi connectivity index (χ0n) is 12.6. The van der Waals surface area contributed by atoms with Gasteiger partial charge in [-0.25, -0.2) is 9.67 Å². The van der Waals surface area contributed by atoms with Crippen molar-refractivity contribution in [2.45, 2.75) is 13.0 Å². The molecule has 114 valence electrons. The lowest BCUT2D eigenvalue weighted by atomic mass is 10.1. The van der Waals surface area contributed by atoms with Crippen molar-refractivity contribution in [3.8, 4) is 0 Å². The molecule has 2 heterocycles. The molecule has 0 aliphatic heterocycles. The molecule has 0 spiro atoms. The number of nitrogens with zero attached hydrogens (tertiary/aromatic N) is 3. The van der Waals surface area contributed by atoms with Crippen molar-refractivity contribution in [1.82, 2.24) is 20.1 Å². The van der Waals surface area contributed by atoms with Crippen LogP contribution in [0.2, 0.25) is 0 Å². The van der Waals surface area contributed by atoms with Gasteiger partial charge in [-0.1, -0.05) is 41.7 Å². The van der Waals surface area contributed by atoms with E-state index in [1.54, 1.807) is 11.7 Å². The first kappa shape index (κ1) is 14.5. The minimum Gasteiger partial charge on any atom is -0.357 e. The summed E-state index contributed by atoms with van der Waals surface area (Å²) in [5, 5.41) is 11.0. The minimum atomic E-state index is -0.472. The molecule has 0 saturated heterocycles. The first-order chi connectivity index (χ1) is 10.6. The molecule has 0 bridgehead atoms. The van der Waals surface area contributed by atoms with Crippen LogP contribution < -0.4 is 10.6 Å². The third-order valence-corrected chi connectivity index (χ3v) is 4.54. The summed E-state index contributed by atoms with van der Waals surface area (Å²) in [7, 11) is 3.50. The number of rotatable bonds is 4. The molecule has 1 unspecified atom stereocenters. The highest BCUT2D eigenvalue weighted by molar-refractivity contribution is 7.22. The van der Waals surface area contributed by atoms with Gasteiger partial charge in [0.15, 0.2) is 10.8 Å². The van der Waals surface area contributed by atoms with Crippen LogP contribution in [0, 0.1) is 6.92 Å². The summed E-state index contributed by atoms with van der Waals surface area (Å²) in [4.78, 5) is 16.7. The maximum atomic E-state index is 12.2. The lowest BCUT2D eigenvalue weighted by Crippen LogP contribution is -2.30. The maximum Gasteiger partial charge on any atom is 0.246 e. The Bertz CT molecular complexity index is 774. The van der Waals surface area contributed by atoms with Crippen LogP contribution >= 0.6 is 11.3 Å². The summed E-state index contributed by atoms with van der Waals surface area (Å²) >= 11 is 1.51. The summed E-state index contributed by atoms with van der Waals surface area (Å²) in [6.45, 7) is 1.96. The van der Waals surface area contributed by atoms with Gasteiger partial charge in [0.25, 0.3) is 0 Å². The number of carbonyl (C=O) groups excluding carboxylic acids is 1. The molecule has 0 saturated carbocycles. The van der Waals surface area contributed by atoms with E-state index in [9.17, 15) is 4.79 Å². The van der Waals surface area contributed by atoms with Crippen molar-refractivity contribution < 1.29 is 4.79 Å². The van der Waals surface area contributed by atoms with E-state index in [2.05, 4.69) is 20.7 Å². The zero-order chi connectivity index (χ0) is 15.7. The van der Waals surface area contributed by atoms with Gasteiger partial charge < -0.3 is 10.6 Å². The van der Waals surface area contributed by atoms with Crippen LogP contribution in [0.15, 0.2) is 30.3 Å². The molecule has 1 aromatic carbocycles. The quantitative estimate of drug-likeness (QED) is 0.774. The second kappa shape index (κ2) is 5.76. The summed E-state index contributed by atoms with van der Waals surface area (Å²) in [5.74, 6) is -0.0969. The Morgan fingerprint density at radius 2 is 2.05 bits per heavy atom. The van der Waals surface area contributed by atoms with Crippen LogP contribution in [-0.4, -0.2) is 27.7 Å². The average molecular weight is 315 g/mol. The van der Waals surface area contributed by atoms with Gasteiger partial charge in [0, 0.05) is 14.1 Å². The number of thiazole rings is 1. The Morgan fingerprint density at radius 1 is 1.32 bits per heavy atom. The molecule has 1 atom stereocenters. The van der Waals surface area contributed by atoms with Gasteiger partial charge in [0.2, 0.25) is 5.91 Å². The van der Waals surface area contributed by atoms with Gasteiger partial charge >= 0.3 is 0 Å². The fourth-order valence-electron chi connectivity index (χ4n) is 2.36. The number of carbonyl (C=O) groups is 1. The fraction of sp³-hybridized carbons (Fsp3) is 0.267. The molecule has 2 N–H and O–H groups in total. The number of amides is 1. The molecule has 2 aromatic heterocycles. The molecule has 6 nitrogen and oxygen atoms in total. The second-order valence-corrected chi connectivity index (χ2v) is 5.98. The number of fused-ring (bicyclic) bond motifs is 1. The normalized spacial score (nSPS) is 12.3. The van der Waals surface area contributed by atoms with Crippen LogP contribution in [0.25, 0.3) is 10.3 Å². The molecular weight excluding hydrogens is 298 g/mol. The van der Waals surface area contributed by atoms with E-state index >= 15 is 0 Å². The Balaban J connectivity index is 1.95. The van der Waals surface area contributed by atoms with Gasteiger partial charge in [0.1, 0.15) is 6.04 Å². The maximum absolute atomic E-state index is 12.2. The summed E-state index contributed by atoms with van der Waals surface area (Å²) in [5.41, 5.74) is 2.67. The summed E-state index contributed by atoms with van der Waals surface area (Å²) in [6.07, 6.45) is 0. The summed E-state index contributed by atoms with van der Waals surface area (Å²) in [6, 6.07) is 9.13. The number of aryl methyl sites for hydroxylation is 2. The van der Waals surface area contributed by atoms with Crippen LogP contribution in [-0.2, 0) is 11.8 Å². The highest BCUT2D eigenvalue weighted by Crippen LogP contribution is 2.30. The molecule has 7 heteroatoms. The van der Waals surface area contributed by atoms with Crippen molar-refractivity contribution in [3.63, 3.8) is 0 Å². The fourth-order valence-corrected chi connectivity index (χ4v) is 3.32. The second-order valence-electron chi connectivity index (χ2n) is 4.98. The number of hydrogen-bond acceptors (Lipinski definition) is 5. The number of anilines is 1. The largest absolute Gasteiger partial charge is 0.357 e. The average Bonchev–Trinajstić information content (AvgIpc) is 3.06. The molecule has 22 heavy (non-hydrogen) atoms. The van der Waals surface area contributed by atoms with Crippen molar-refractivity contribution in [2.24, 2.45) is 7.05 Å². The first-order valence-corrected chi connectivity index (χ1v) is 7.75. The zero-order valence-corrected chi connectivity index (χ0v) is 13.4. The van der Waals surface area contributed by atoms with E-state index in [0.717, 1.165) is 21.6 Å². The van der Waals surface area contributed by atoms with Crippen molar-refractivity contribution >= 4 is 32.7 Å². The summed E-state index contributed by atoms with van der Waals surface area (Å²) < 4.78 is 2.79. The molecule has 0 aliphatic carbocycles. The van der Waals surface area contributed by atoms with E-state index in [4.69, 9.17) is 0 Å². The molecule has 0 aliphatic rings. The lowest BCUT2D eigenvalue weighted by molar-refractivity contribution is -0.121. The molecule has 1 amide bonds. The third kappa shape index (κ3) is 2.55. The van der Waals surface area contributed by atoms with E-state index < -0.39 is 6.04 Å². The van der Waals surface area contributed by atoms with E-state index in [1.165, 1.54) is 11.3 Å². The Morgan fingerprint density at radius 3 is 2.68 bits per heavy atom. The number of hydrogen-bond donors (Lipinski definition) is 2. The van der Waals surface area contributed by atoms with Gasteiger partial charge in [0.05, 0.1) is 10.4 Å². The van der Waals surface area contributed by atoms with Gasteiger partial charge in [-0.15, -0.1) is 0 Å².